The first-order valence-corrected chi connectivity index (χ1v) is 9.55. The number of benzene rings is 1. The number of fused-ring (bicyclic) bond motifs is 2. The molecule has 3 aromatic rings. The van der Waals surface area contributed by atoms with Crippen molar-refractivity contribution in [3.8, 4) is 0 Å². The van der Waals surface area contributed by atoms with E-state index in [1.807, 2.05) is 24.3 Å². The van der Waals surface area contributed by atoms with Crippen LogP contribution in [0.5, 0.6) is 0 Å². The van der Waals surface area contributed by atoms with Crippen LogP contribution < -0.4 is 5.32 Å². The van der Waals surface area contributed by atoms with Gasteiger partial charge in [0.1, 0.15) is 5.76 Å². The zero-order valence-corrected chi connectivity index (χ0v) is 15.7. The van der Waals surface area contributed by atoms with Gasteiger partial charge in [-0.1, -0.05) is 18.2 Å². The van der Waals surface area contributed by atoms with Gasteiger partial charge in [0.15, 0.2) is 6.10 Å². The Hall–Kier alpha value is -3.15. The van der Waals surface area contributed by atoms with E-state index in [-0.39, 0.29) is 12.5 Å². The van der Waals surface area contributed by atoms with Crippen molar-refractivity contribution in [3.63, 3.8) is 0 Å². The minimum absolute atomic E-state index is 0.251. The van der Waals surface area contributed by atoms with Crippen LogP contribution in [0.25, 0.3) is 10.9 Å². The van der Waals surface area contributed by atoms with Crippen LogP contribution in [-0.4, -0.2) is 23.0 Å². The van der Waals surface area contributed by atoms with E-state index in [1.165, 1.54) is 0 Å². The van der Waals surface area contributed by atoms with Gasteiger partial charge in [0.05, 0.1) is 23.9 Å². The summed E-state index contributed by atoms with van der Waals surface area (Å²) in [5.41, 5.74) is 3.25. The van der Waals surface area contributed by atoms with Crippen molar-refractivity contribution in [2.24, 2.45) is 0 Å². The van der Waals surface area contributed by atoms with Crippen molar-refractivity contribution in [2.75, 3.05) is 0 Å². The molecular formula is C22H22N2O4. The number of pyridine rings is 1. The summed E-state index contributed by atoms with van der Waals surface area (Å²) in [6, 6.07) is 11.1. The first-order valence-electron chi connectivity index (χ1n) is 9.55. The van der Waals surface area contributed by atoms with Gasteiger partial charge in [-0.05, 0) is 56.4 Å². The first-order chi connectivity index (χ1) is 13.6. The fourth-order valence-corrected chi connectivity index (χ4v) is 3.61. The van der Waals surface area contributed by atoms with Crippen LogP contribution in [0, 0.1) is 0 Å². The molecule has 2 aromatic heterocycles. The average molecular weight is 378 g/mol. The van der Waals surface area contributed by atoms with E-state index in [9.17, 15) is 9.59 Å². The lowest BCUT2D eigenvalue weighted by molar-refractivity contribution is -0.129. The predicted octanol–water partition coefficient (Wildman–Crippen LogP) is 3.57. The van der Waals surface area contributed by atoms with Crippen LogP contribution in [0.1, 0.15) is 47.1 Å². The number of nitrogens with zero attached hydrogens (tertiary/aromatic N) is 1. The lowest BCUT2D eigenvalue weighted by Gasteiger charge is -2.21. The molecule has 1 aliphatic rings. The Morgan fingerprint density at radius 3 is 2.82 bits per heavy atom. The Kier molecular flexibility index (Phi) is 5.10. The molecular weight excluding hydrogens is 356 g/mol. The van der Waals surface area contributed by atoms with E-state index in [4.69, 9.17) is 14.1 Å². The van der Waals surface area contributed by atoms with Gasteiger partial charge >= 0.3 is 5.97 Å². The molecule has 0 radical (unpaired) electrons. The van der Waals surface area contributed by atoms with Crippen molar-refractivity contribution in [1.82, 2.24) is 10.3 Å². The second-order valence-corrected chi connectivity index (χ2v) is 6.98. The van der Waals surface area contributed by atoms with Gasteiger partial charge in [-0.25, -0.2) is 4.79 Å². The van der Waals surface area contributed by atoms with Crippen molar-refractivity contribution < 1.29 is 18.7 Å². The van der Waals surface area contributed by atoms with Gasteiger partial charge in [-0.3, -0.25) is 9.78 Å². The van der Waals surface area contributed by atoms with Crippen molar-refractivity contribution >= 4 is 22.8 Å². The van der Waals surface area contributed by atoms with Crippen LogP contribution in [0.15, 0.2) is 47.1 Å². The maximum atomic E-state index is 13.0. The molecule has 1 atom stereocenters. The lowest BCUT2D eigenvalue weighted by Crippen LogP contribution is -2.35. The molecule has 0 saturated carbocycles. The maximum absolute atomic E-state index is 13.0. The SMILES string of the molecule is C[C@@H](OC(=O)c1c2c(nc3ccccc13)CCCC2)C(=O)NCc1ccco1. The molecule has 6 heteroatoms. The number of para-hydroxylation sites is 1. The summed E-state index contributed by atoms with van der Waals surface area (Å²) in [4.78, 5) is 30.1. The van der Waals surface area contributed by atoms with Crippen LogP contribution >= 0.6 is 0 Å². The summed E-state index contributed by atoms with van der Waals surface area (Å²) in [5, 5.41) is 3.49. The highest BCUT2D eigenvalue weighted by Crippen LogP contribution is 2.30. The summed E-state index contributed by atoms with van der Waals surface area (Å²) in [6.45, 7) is 1.83. The summed E-state index contributed by atoms with van der Waals surface area (Å²) >= 11 is 0. The summed E-state index contributed by atoms with van der Waals surface area (Å²) in [5.74, 6) is -0.199. The van der Waals surface area contributed by atoms with Crippen LogP contribution in [0.4, 0.5) is 0 Å². The molecule has 28 heavy (non-hydrogen) atoms. The summed E-state index contributed by atoms with van der Waals surface area (Å²) < 4.78 is 10.7. The fourth-order valence-electron chi connectivity index (χ4n) is 3.61. The largest absolute Gasteiger partial charge is 0.467 e. The number of nitrogens with one attached hydrogen (secondary N) is 1. The summed E-state index contributed by atoms with van der Waals surface area (Å²) in [6.07, 6.45) is 4.39. The quantitative estimate of drug-likeness (QED) is 0.687. The Morgan fingerprint density at radius 2 is 2.00 bits per heavy atom. The molecule has 2 heterocycles. The molecule has 0 saturated heterocycles. The van der Waals surface area contributed by atoms with Gasteiger partial charge in [0.25, 0.3) is 5.91 Å². The third kappa shape index (κ3) is 3.63. The molecule has 0 unspecified atom stereocenters. The second kappa shape index (κ2) is 7.84. The highest BCUT2D eigenvalue weighted by atomic mass is 16.5. The van der Waals surface area contributed by atoms with E-state index in [1.54, 1.807) is 25.3 Å². The molecule has 0 bridgehead atoms. The molecule has 0 fully saturated rings. The Morgan fingerprint density at radius 1 is 1.18 bits per heavy atom. The van der Waals surface area contributed by atoms with E-state index < -0.39 is 12.1 Å². The highest BCUT2D eigenvalue weighted by molar-refractivity contribution is 6.05. The number of carbonyl (C=O) groups is 2. The number of amides is 1. The molecule has 1 N–H and O–H groups in total. The molecule has 144 valence electrons. The van der Waals surface area contributed by atoms with Crippen LogP contribution in [0.3, 0.4) is 0 Å². The Labute approximate surface area is 162 Å². The predicted molar refractivity (Wildman–Crippen MR) is 104 cm³/mol. The molecule has 0 aliphatic heterocycles. The van der Waals surface area contributed by atoms with E-state index in [0.717, 1.165) is 47.8 Å². The topological polar surface area (TPSA) is 81.4 Å². The smallest absolute Gasteiger partial charge is 0.339 e. The second-order valence-electron chi connectivity index (χ2n) is 6.98. The third-order valence-electron chi connectivity index (χ3n) is 5.04. The van der Waals surface area contributed by atoms with Gasteiger partial charge in [-0.15, -0.1) is 0 Å². The number of hydrogen-bond acceptors (Lipinski definition) is 5. The minimum Gasteiger partial charge on any atom is -0.467 e. The van der Waals surface area contributed by atoms with E-state index in [0.29, 0.717) is 11.3 Å². The van der Waals surface area contributed by atoms with Gasteiger partial charge in [0, 0.05) is 11.1 Å². The van der Waals surface area contributed by atoms with E-state index in [2.05, 4.69) is 5.32 Å². The highest BCUT2D eigenvalue weighted by Gasteiger charge is 2.26. The minimum atomic E-state index is -0.909. The first kappa shape index (κ1) is 18.2. The number of esters is 1. The zero-order valence-electron chi connectivity index (χ0n) is 15.7. The number of hydrogen-bond donors (Lipinski definition) is 1. The lowest BCUT2D eigenvalue weighted by atomic mass is 9.90. The molecule has 1 amide bonds. The number of aromatic nitrogens is 1. The van der Waals surface area contributed by atoms with Crippen molar-refractivity contribution in [2.45, 2.75) is 45.3 Å². The standard InChI is InChI=1S/C22H22N2O4/c1-14(21(25)23-13-15-7-6-12-27-15)28-22(26)20-16-8-2-4-10-18(16)24-19-11-5-3-9-17(19)20/h2,4,6-8,10,12,14H,3,5,9,11,13H2,1H3,(H,23,25)/t14-/m1/s1. The Balaban J connectivity index is 1.55. The number of rotatable bonds is 5. The van der Waals surface area contributed by atoms with Gasteiger partial charge in [-0.2, -0.15) is 0 Å². The molecule has 0 spiro atoms. The van der Waals surface area contributed by atoms with E-state index >= 15 is 0 Å². The maximum Gasteiger partial charge on any atom is 0.339 e. The zero-order chi connectivity index (χ0) is 19.5. The molecule has 1 aliphatic carbocycles. The average Bonchev–Trinajstić information content (AvgIpc) is 3.23. The number of furan rings is 1. The van der Waals surface area contributed by atoms with Crippen molar-refractivity contribution in [1.29, 1.82) is 0 Å². The van der Waals surface area contributed by atoms with Crippen LogP contribution in [0.2, 0.25) is 0 Å². The Bertz CT molecular complexity index is 1010. The molecule has 6 nitrogen and oxygen atoms in total. The fraction of sp³-hybridized carbons (Fsp3) is 0.318. The van der Waals surface area contributed by atoms with Crippen LogP contribution in [-0.2, 0) is 28.9 Å². The van der Waals surface area contributed by atoms with Gasteiger partial charge < -0.3 is 14.5 Å². The molecule has 1 aromatic carbocycles. The monoisotopic (exact) mass is 378 g/mol. The normalized spacial score (nSPS) is 14.3. The number of aryl methyl sites for hydroxylation is 1. The van der Waals surface area contributed by atoms with Gasteiger partial charge in [0.2, 0.25) is 0 Å². The summed E-state index contributed by atoms with van der Waals surface area (Å²) in [7, 11) is 0. The number of carbonyl (C=O) groups excluding carboxylic acids is 2. The third-order valence-corrected chi connectivity index (χ3v) is 5.04. The molecule has 4 rings (SSSR count). The number of ether oxygens (including phenoxy) is 1. The van der Waals surface area contributed by atoms with Crippen molar-refractivity contribution in [3.05, 3.63) is 65.2 Å².